The fraction of sp³-hybridized carbons (Fsp3) is 0.588. The minimum Gasteiger partial charge on any atom is -0.481 e. The van der Waals surface area contributed by atoms with Crippen molar-refractivity contribution in [3.63, 3.8) is 0 Å². The highest BCUT2D eigenvalue weighted by molar-refractivity contribution is 5.81. The summed E-state index contributed by atoms with van der Waals surface area (Å²) in [5.41, 5.74) is 3.47. The number of aryl methyl sites for hydroxylation is 2. The van der Waals surface area contributed by atoms with Crippen LogP contribution >= 0.6 is 0 Å². The Morgan fingerprint density at radius 3 is 2.38 bits per heavy atom. The summed E-state index contributed by atoms with van der Waals surface area (Å²) in [6, 6.07) is 4.14. The van der Waals surface area contributed by atoms with Crippen molar-refractivity contribution in [1.82, 2.24) is 9.80 Å². The number of carbonyl (C=O) groups is 1. The number of piperazine rings is 1. The van der Waals surface area contributed by atoms with Gasteiger partial charge in [0.1, 0.15) is 5.75 Å². The highest BCUT2D eigenvalue weighted by atomic mass is 16.5. The molecule has 1 aliphatic rings. The molecule has 1 aromatic rings. The minimum atomic E-state index is -0.437. The zero-order chi connectivity index (χ0) is 15.6. The van der Waals surface area contributed by atoms with Gasteiger partial charge < -0.3 is 14.5 Å². The lowest BCUT2D eigenvalue weighted by atomic mass is 10.1. The number of hydrogen-bond acceptors (Lipinski definition) is 3. The van der Waals surface area contributed by atoms with Gasteiger partial charge in [0, 0.05) is 26.2 Å². The topological polar surface area (TPSA) is 32.8 Å². The van der Waals surface area contributed by atoms with Gasteiger partial charge in [-0.2, -0.15) is 0 Å². The number of likely N-dealkylation sites (N-methyl/N-ethyl adjacent to an activating group) is 1. The van der Waals surface area contributed by atoms with Crippen molar-refractivity contribution >= 4 is 5.91 Å². The second-order valence-corrected chi connectivity index (χ2v) is 6.09. The molecule has 4 nitrogen and oxygen atoms in total. The number of nitrogens with zero attached hydrogens (tertiary/aromatic N) is 2. The second kappa shape index (κ2) is 6.48. The molecule has 0 bridgehead atoms. The Bertz CT molecular complexity index is 520. The van der Waals surface area contributed by atoms with E-state index in [2.05, 4.69) is 24.9 Å². The maximum atomic E-state index is 12.5. The molecule has 1 fully saturated rings. The maximum absolute atomic E-state index is 12.5. The third-order valence-corrected chi connectivity index (χ3v) is 4.23. The first-order valence-corrected chi connectivity index (χ1v) is 7.60. The molecule has 1 unspecified atom stereocenters. The van der Waals surface area contributed by atoms with E-state index in [-0.39, 0.29) is 5.91 Å². The van der Waals surface area contributed by atoms with Crippen molar-refractivity contribution in [3.8, 4) is 5.75 Å². The van der Waals surface area contributed by atoms with Gasteiger partial charge >= 0.3 is 0 Å². The van der Waals surface area contributed by atoms with Crippen molar-refractivity contribution in [2.45, 2.75) is 33.8 Å². The Kier molecular flexibility index (Phi) is 4.88. The smallest absolute Gasteiger partial charge is 0.263 e. The largest absolute Gasteiger partial charge is 0.481 e. The maximum Gasteiger partial charge on any atom is 0.263 e. The van der Waals surface area contributed by atoms with E-state index in [4.69, 9.17) is 4.74 Å². The van der Waals surface area contributed by atoms with Crippen LogP contribution in [0.15, 0.2) is 12.1 Å². The molecule has 1 heterocycles. The standard InChI is InChI=1S/C17H26N2O2/c1-12-10-13(2)14(3)16(11-12)21-15(4)17(20)19-8-6-18(5)7-9-19/h10-11,15H,6-9H2,1-5H3. The molecule has 21 heavy (non-hydrogen) atoms. The molecular weight excluding hydrogens is 264 g/mol. The summed E-state index contributed by atoms with van der Waals surface area (Å²) in [5.74, 6) is 0.907. The summed E-state index contributed by atoms with van der Waals surface area (Å²) < 4.78 is 5.94. The first-order valence-electron chi connectivity index (χ1n) is 7.60. The van der Waals surface area contributed by atoms with E-state index >= 15 is 0 Å². The quantitative estimate of drug-likeness (QED) is 0.855. The van der Waals surface area contributed by atoms with E-state index < -0.39 is 6.10 Å². The molecule has 0 aromatic heterocycles. The Hall–Kier alpha value is -1.55. The highest BCUT2D eigenvalue weighted by Gasteiger charge is 2.25. The third-order valence-electron chi connectivity index (χ3n) is 4.23. The van der Waals surface area contributed by atoms with E-state index in [1.807, 2.05) is 31.7 Å². The lowest BCUT2D eigenvalue weighted by Crippen LogP contribution is -2.50. The number of carbonyl (C=O) groups excluding carboxylic acids is 1. The van der Waals surface area contributed by atoms with Crippen LogP contribution in [0.2, 0.25) is 0 Å². The van der Waals surface area contributed by atoms with Crippen LogP contribution in [0, 0.1) is 20.8 Å². The van der Waals surface area contributed by atoms with Crippen LogP contribution in [0.5, 0.6) is 5.75 Å². The lowest BCUT2D eigenvalue weighted by molar-refractivity contribution is -0.139. The van der Waals surface area contributed by atoms with Crippen molar-refractivity contribution in [3.05, 3.63) is 28.8 Å². The average molecular weight is 290 g/mol. The predicted molar refractivity (Wildman–Crippen MR) is 84.8 cm³/mol. The molecule has 0 spiro atoms. The van der Waals surface area contributed by atoms with E-state index in [1.165, 1.54) is 5.56 Å². The summed E-state index contributed by atoms with van der Waals surface area (Å²) >= 11 is 0. The van der Waals surface area contributed by atoms with Crippen LogP contribution in [0.3, 0.4) is 0 Å². The summed E-state index contributed by atoms with van der Waals surface area (Å²) in [7, 11) is 2.08. The van der Waals surface area contributed by atoms with Crippen LogP contribution in [-0.2, 0) is 4.79 Å². The normalized spacial score (nSPS) is 17.7. The van der Waals surface area contributed by atoms with Crippen molar-refractivity contribution < 1.29 is 9.53 Å². The molecule has 1 aromatic carbocycles. The van der Waals surface area contributed by atoms with Crippen LogP contribution in [-0.4, -0.2) is 55.0 Å². The van der Waals surface area contributed by atoms with Gasteiger partial charge in [0.25, 0.3) is 5.91 Å². The molecule has 0 radical (unpaired) electrons. The van der Waals surface area contributed by atoms with Gasteiger partial charge in [0.05, 0.1) is 0 Å². The van der Waals surface area contributed by atoms with Gasteiger partial charge in [-0.15, -0.1) is 0 Å². The van der Waals surface area contributed by atoms with E-state index in [0.29, 0.717) is 0 Å². The van der Waals surface area contributed by atoms with Crippen molar-refractivity contribution in [2.24, 2.45) is 0 Å². The first-order chi connectivity index (χ1) is 9.88. The van der Waals surface area contributed by atoms with Crippen LogP contribution in [0.4, 0.5) is 0 Å². The van der Waals surface area contributed by atoms with Crippen molar-refractivity contribution in [1.29, 1.82) is 0 Å². The molecule has 4 heteroatoms. The Morgan fingerprint density at radius 2 is 1.76 bits per heavy atom. The fourth-order valence-electron chi connectivity index (χ4n) is 2.65. The van der Waals surface area contributed by atoms with Crippen LogP contribution in [0.25, 0.3) is 0 Å². The number of rotatable bonds is 3. The summed E-state index contributed by atoms with van der Waals surface area (Å²) in [5, 5.41) is 0. The molecule has 1 aliphatic heterocycles. The van der Waals surface area contributed by atoms with Crippen LogP contribution in [0.1, 0.15) is 23.6 Å². The summed E-state index contributed by atoms with van der Waals surface area (Å²) in [6.45, 7) is 11.4. The zero-order valence-electron chi connectivity index (χ0n) is 13.8. The molecule has 0 aliphatic carbocycles. The average Bonchev–Trinajstić information content (AvgIpc) is 2.44. The molecule has 1 atom stereocenters. The van der Waals surface area contributed by atoms with Gasteiger partial charge in [0.15, 0.2) is 6.10 Å². The summed E-state index contributed by atoms with van der Waals surface area (Å²) in [4.78, 5) is 16.6. The Labute approximate surface area is 127 Å². The van der Waals surface area contributed by atoms with E-state index in [9.17, 15) is 4.79 Å². The second-order valence-electron chi connectivity index (χ2n) is 6.09. The van der Waals surface area contributed by atoms with Gasteiger partial charge in [-0.25, -0.2) is 0 Å². The van der Waals surface area contributed by atoms with Gasteiger partial charge in [-0.3, -0.25) is 4.79 Å². The van der Waals surface area contributed by atoms with Crippen LogP contribution < -0.4 is 4.74 Å². The SMILES string of the molecule is Cc1cc(C)c(C)c(OC(C)C(=O)N2CCN(C)CC2)c1. The number of amides is 1. The highest BCUT2D eigenvalue weighted by Crippen LogP contribution is 2.24. The molecule has 1 saturated heterocycles. The van der Waals surface area contributed by atoms with Gasteiger partial charge in [-0.05, 0) is 57.5 Å². The first kappa shape index (κ1) is 15.8. The molecule has 1 amide bonds. The number of ether oxygens (including phenoxy) is 1. The minimum absolute atomic E-state index is 0.0849. The molecule has 0 saturated carbocycles. The van der Waals surface area contributed by atoms with Crippen molar-refractivity contribution in [2.75, 3.05) is 33.2 Å². The lowest BCUT2D eigenvalue weighted by Gasteiger charge is -2.34. The predicted octanol–water partition coefficient (Wildman–Crippen LogP) is 2.15. The monoisotopic (exact) mass is 290 g/mol. The summed E-state index contributed by atoms with van der Waals surface area (Å²) in [6.07, 6.45) is -0.437. The molecule has 116 valence electrons. The Balaban J connectivity index is 2.04. The van der Waals surface area contributed by atoms with E-state index in [1.54, 1.807) is 0 Å². The fourth-order valence-corrected chi connectivity index (χ4v) is 2.65. The third kappa shape index (κ3) is 3.76. The number of hydrogen-bond donors (Lipinski definition) is 0. The Morgan fingerprint density at radius 1 is 1.14 bits per heavy atom. The molecule has 2 rings (SSSR count). The molecule has 0 N–H and O–H groups in total. The zero-order valence-corrected chi connectivity index (χ0v) is 13.8. The van der Waals surface area contributed by atoms with Gasteiger partial charge in [0.2, 0.25) is 0 Å². The molecular formula is C17H26N2O2. The van der Waals surface area contributed by atoms with Gasteiger partial charge in [-0.1, -0.05) is 6.07 Å². The van der Waals surface area contributed by atoms with E-state index in [0.717, 1.165) is 43.1 Å². The number of benzene rings is 1.